The molecule has 0 aliphatic carbocycles. The van der Waals surface area contributed by atoms with Crippen LogP contribution in [-0.4, -0.2) is 201 Å². The highest BCUT2D eigenvalue weighted by atomic mass is 19.2. The second-order valence-corrected chi connectivity index (χ2v) is 29.7. The van der Waals surface area contributed by atoms with Gasteiger partial charge in [0.2, 0.25) is 82.7 Å². The van der Waals surface area contributed by atoms with Crippen molar-refractivity contribution >= 4 is 164 Å². The standard InChI is InChI=1S/7C13H12FN3O3/c7*14-6-3-7-8(9(15)4-6)5-17(13(7)20)10-1-2-11(18)16-12(10)19/h7*3-4,10H,1-2,5,15H2,(H,16,18,19)/i1D2,3D,4D,5D2,10D;2*1D2,2D2,3D,4D,5D2;1D2,3D,4D,10D;1D2,5D2,10D;1D2,10D;5D2/hD3. The van der Waals surface area contributed by atoms with E-state index in [9.17, 15) is 131 Å². The Morgan fingerprint density at radius 2 is 0.543 bits per heavy atom. The number of amides is 21. The molecule has 49 heteroatoms. The van der Waals surface area contributed by atoms with E-state index in [1.54, 1.807) is 16.0 Å². The Kier molecular flexibility index (Phi) is 16.1. The lowest BCUT2D eigenvalue weighted by molar-refractivity contribution is -0.138. The van der Waals surface area contributed by atoms with Gasteiger partial charge in [0.15, 0.2) is 4.24 Å². The summed E-state index contributed by atoms with van der Waals surface area (Å²) in [5, 5.41) is 10.2. The Morgan fingerprint density at radius 3 is 0.943 bits per heavy atom. The number of nitrogens with one attached hydrogen (secondary N) is 7. The fourth-order valence-electron chi connectivity index (χ4n) is 14.3. The van der Waals surface area contributed by atoms with E-state index in [2.05, 4.69) is 5.32 Å². The summed E-state index contributed by atoms with van der Waals surface area (Å²) in [5.74, 6) is -34.8. The van der Waals surface area contributed by atoms with Crippen LogP contribution in [0.25, 0.3) is 0 Å². The van der Waals surface area contributed by atoms with Crippen LogP contribution in [0.3, 0.4) is 0 Å². The molecule has 7 aromatic rings. The Labute approximate surface area is 842 Å². The molecule has 728 valence electrons. The zero-order chi connectivity index (χ0) is 137. The second-order valence-electron chi connectivity index (χ2n) is 29.7. The Bertz CT molecular complexity index is 8940. The maximum Gasteiger partial charge on any atom is 0.255 e. The van der Waals surface area contributed by atoms with Gasteiger partial charge in [-0.2, -0.15) is 0 Å². The number of carbonyl (C=O) groups is 21. The van der Waals surface area contributed by atoms with Gasteiger partial charge >= 0.3 is 0 Å². The van der Waals surface area contributed by atoms with Crippen LogP contribution in [0.2, 0.25) is 4.24 Å². The number of piperidine rings is 7. The van der Waals surface area contributed by atoms with E-state index in [4.69, 9.17) is 90.7 Å². The third-order valence-electron chi connectivity index (χ3n) is 20.6. The molecule has 21 N–H and O–H groups in total. The highest BCUT2D eigenvalue weighted by Gasteiger charge is 2.49. The molecule has 0 saturated carbocycles. The SMILES string of the molecule is [2H]C1([2H])CC(=O)NC(=O)C1([2H])N1Cc2c(N)cc(F)cc2C1=O.[2H]C1([2H])c2c(N)cc(F)cc2C(=O)N1C1([2H])C(=O)NC(=O)CC1([2H])[2H].[2H]C1([2H])c2c(N)cc(F)cc2C(=O)N1C1CCC(=O)NC1=O.[2H]c1c(F)c([2H])c(N([2H])[2H])c2c1C(=O)N(C1C(=O)N([2H])C(=O)C([2H])([2H])C1([2H])[2H])C2([2H])[2H].[2H]c1c(N)c2c(c([2H])c1F)C(=O)N(C1([2H])C(=O)NC(=O)CC1([2H])[2H])C2.[2H]c1c(N)c2c(c([2H])c1F)C(=O)N(C1([2H])C(=O)NC(=O)CC1([2H])[2H])C2([2H])[2H].[2H]c1c(N)c2c(c([2H])c1F)C(=O)N(C1C(=O)NC(=O)C([2H])([2H])C1([2H])[2H])C2([2H])[2H]. The molecular formula is C91H84F7N21O21. The van der Waals surface area contributed by atoms with Crippen molar-refractivity contribution in [2.45, 2.75) is 177 Å². The van der Waals surface area contributed by atoms with Crippen LogP contribution in [0.5, 0.6) is 0 Å². The van der Waals surface area contributed by atoms with Crippen molar-refractivity contribution in [3.05, 3.63) is 203 Å². The number of hydrogen-bond donors (Lipinski definition) is 14. The van der Waals surface area contributed by atoms with Crippen LogP contribution in [0.4, 0.5) is 70.5 Å². The third-order valence-corrected chi connectivity index (χ3v) is 20.6. The summed E-state index contributed by atoms with van der Waals surface area (Å²) in [6.45, 7) is -15.7. The number of hydrogen-bond acceptors (Lipinski definition) is 28. The van der Waals surface area contributed by atoms with Gasteiger partial charge in [0.05, 0.1) is 30.2 Å². The van der Waals surface area contributed by atoms with Crippen molar-refractivity contribution in [2.24, 2.45) is 0 Å². The predicted octanol–water partition coefficient (Wildman–Crippen LogP) is 1.18. The number of benzene rings is 7. The van der Waals surface area contributed by atoms with Gasteiger partial charge in [-0.15, -0.1) is 0 Å². The average molecular weight is 1980 g/mol. The summed E-state index contributed by atoms with van der Waals surface area (Å²) < 4.78 is 421. The number of imide groups is 7. The molecular weight excluding hydrogens is 1860 g/mol. The molecule has 14 aliphatic heterocycles. The smallest absolute Gasteiger partial charge is 0.255 e. The maximum atomic E-state index is 14.3. The van der Waals surface area contributed by atoms with Crippen LogP contribution in [0, 0.1) is 40.7 Å². The molecule has 42 nitrogen and oxygen atoms in total. The molecule has 14 heterocycles. The molecule has 0 aromatic heterocycles. The summed E-state index contributed by atoms with van der Waals surface area (Å²) in [6, 6.07) is -21.6. The number of nitrogen functional groups attached to an aromatic ring is 7. The van der Waals surface area contributed by atoms with Crippen LogP contribution >= 0.6 is 0 Å². The molecule has 7 fully saturated rings. The molecule has 0 spiro atoms. The summed E-state index contributed by atoms with van der Waals surface area (Å²) in [7, 11) is 0. The molecule has 7 unspecified atom stereocenters. The van der Waals surface area contributed by atoms with Crippen molar-refractivity contribution in [3.8, 4) is 0 Å². The van der Waals surface area contributed by atoms with Gasteiger partial charge in [0, 0.05) is 230 Å². The summed E-state index contributed by atoms with van der Waals surface area (Å²) in [4.78, 5) is 257. The lowest BCUT2D eigenvalue weighted by Gasteiger charge is -2.29. The van der Waals surface area contributed by atoms with E-state index in [0.29, 0.717) is 15.9 Å². The van der Waals surface area contributed by atoms with Gasteiger partial charge in [-0.1, -0.05) is 0 Å². The van der Waals surface area contributed by atoms with Gasteiger partial charge in [0.1, 0.15) is 82.9 Å². The van der Waals surface area contributed by atoms with Gasteiger partial charge in [-0.25, -0.2) is 30.7 Å². The normalized spacial score (nSPS) is 33.0. The maximum absolute atomic E-state index is 14.3. The molecule has 7 atom stereocenters. The molecule has 140 heavy (non-hydrogen) atoms. The topological polar surface area (TPSA) is 648 Å². The first kappa shape index (κ1) is 57.7. The number of rotatable bonds is 8. The minimum Gasteiger partial charge on any atom is -0.398 e. The minimum absolute atomic E-state index is 0.00352. The second kappa shape index (κ2) is 39.0. The first-order valence-corrected chi connectivity index (χ1v) is 39.2. The first-order valence-electron chi connectivity index (χ1n) is 59.5. The van der Waals surface area contributed by atoms with Crippen molar-refractivity contribution in [2.75, 3.05) is 40.1 Å². The summed E-state index contributed by atoms with van der Waals surface area (Å²) >= 11 is 0. The van der Waals surface area contributed by atoms with E-state index in [1.807, 2.05) is 10.6 Å². The molecule has 7 saturated heterocycles. The highest BCUT2D eigenvalue weighted by molar-refractivity contribution is 6.13. The first-order chi connectivity index (χ1) is 82.3. The fourth-order valence-corrected chi connectivity index (χ4v) is 14.3. The van der Waals surface area contributed by atoms with E-state index < -0.39 is 461 Å². The number of anilines is 7. The van der Waals surface area contributed by atoms with Crippen molar-refractivity contribution in [1.82, 2.24) is 71.5 Å². The number of nitrogens with zero attached hydrogens (tertiary/aromatic N) is 7. The lowest BCUT2D eigenvalue weighted by Crippen LogP contribution is -2.52. The Balaban J connectivity index is 0.000000154. The molecule has 0 bridgehead atoms. The Hall–Kier alpha value is -17.1. The number of carbonyl (C=O) groups excluding carboxylic acids is 21. The summed E-state index contributed by atoms with van der Waals surface area (Å²) in [6.07, 6.45) is -28.6. The minimum atomic E-state index is -3.57. The van der Waals surface area contributed by atoms with Crippen LogP contribution in [0.1, 0.15) is 253 Å². The molecule has 21 amide bonds. The zero-order valence-electron chi connectivity index (χ0n) is 111. The van der Waals surface area contributed by atoms with E-state index in [0.717, 1.165) is 35.2 Å². The number of nitrogens with two attached hydrogens (primary N) is 7. The molecule has 7 aromatic carbocycles. The van der Waals surface area contributed by atoms with Crippen molar-refractivity contribution in [1.29, 1.82) is 0 Å². The van der Waals surface area contributed by atoms with Crippen LogP contribution < -0.4 is 77.3 Å². The van der Waals surface area contributed by atoms with Crippen molar-refractivity contribution in [3.63, 3.8) is 0 Å². The van der Waals surface area contributed by atoms with Gasteiger partial charge in [-0.05, 0) is 129 Å². The van der Waals surface area contributed by atoms with Gasteiger partial charge in [-0.3, -0.25) is 138 Å². The quantitative estimate of drug-likeness (QED) is 0.0577. The Morgan fingerprint density at radius 1 is 0.279 bits per heavy atom. The molecule has 14 aliphatic rings. The van der Waals surface area contributed by atoms with E-state index >= 15 is 0 Å². The molecule has 21 rings (SSSR count). The van der Waals surface area contributed by atoms with Crippen LogP contribution in [0.15, 0.2) is 84.7 Å². The molecule has 0 radical (unpaired) electrons. The largest absolute Gasteiger partial charge is 0.398 e. The van der Waals surface area contributed by atoms with Gasteiger partial charge < -0.3 is 74.4 Å². The number of fused-ring (bicyclic) bond motifs is 7. The van der Waals surface area contributed by atoms with Gasteiger partial charge in [0.25, 0.3) is 41.4 Å². The van der Waals surface area contributed by atoms with E-state index in [1.165, 1.54) is 0 Å². The van der Waals surface area contributed by atoms with E-state index in [-0.39, 0.29) is 78.2 Å². The van der Waals surface area contributed by atoms with Crippen molar-refractivity contribution < 1.29 is 188 Å². The fraction of sp³-hybridized carbons (Fsp3) is 0.308. The monoisotopic (exact) mass is 1980 g/mol. The van der Waals surface area contributed by atoms with Crippen LogP contribution in [-0.2, 0) is 113 Å². The predicted molar refractivity (Wildman–Crippen MR) is 468 cm³/mol. The summed E-state index contributed by atoms with van der Waals surface area (Å²) in [5.41, 5.74) is 22.1. The average Bonchev–Trinajstić information content (AvgIpc) is 1.52. The zero-order valence-corrected chi connectivity index (χ0v) is 69.6. The highest BCUT2D eigenvalue weighted by Crippen LogP contribution is 2.40. The lowest BCUT2D eigenvalue weighted by atomic mass is 10.0. The number of halogens is 7. The third kappa shape index (κ3) is 19.6.